The number of hydrogen-bond donors (Lipinski definition) is 3. The number of carbonyl (C=O) groups is 1. The predicted octanol–water partition coefficient (Wildman–Crippen LogP) is 2.45. The molecule has 1 aromatic rings. The third-order valence-corrected chi connectivity index (χ3v) is 3.25. The fourth-order valence-electron chi connectivity index (χ4n) is 1.71. The van der Waals surface area contributed by atoms with Gasteiger partial charge in [-0.2, -0.15) is 0 Å². The van der Waals surface area contributed by atoms with E-state index in [0.29, 0.717) is 11.7 Å². The van der Waals surface area contributed by atoms with Crippen molar-refractivity contribution in [2.75, 3.05) is 13.2 Å². The van der Waals surface area contributed by atoms with Gasteiger partial charge in [0.2, 0.25) is 5.91 Å². The van der Waals surface area contributed by atoms with Crippen LogP contribution in [0.3, 0.4) is 0 Å². The molecule has 0 unspecified atom stereocenters. The summed E-state index contributed by atoms with van der Waals surface area (Å²) in [5.74, 6) is 0.601. The zero-order valence-corrected chi connectivity index (χ0v) is 14.1. The van der Waals surface area contributed by atoms with Crippen molar-refractivity contribution in [3.63, 3.8) is 0 Å². The minimum atomic E-state index is -0.162. The molecular weight excluding hydrogens is 298 g/mol. The van der Waals surface area contributed by atoms with Crippen LogP contribution in [0.25, 0.3) is 0 Å². The Morgan fingerprint density at radius 2 is 1.91 bits per heavy atom. The molecule has 1 aromatic carbocycles. The molecule has 122 valence electrons. The van der Waals surface area contributed by atoms with Crippen LogP contribution in [0, 0.1) is 6.92 Å². The van der Waals surface area contributed by atoms with Crippen molar-refractivity contribution in [1.29, 1.82) is 0 Å². The maximum absolute atomic E-state index is 11.6. The second-order valence-corrected chi connectivity index (χ2v) is 5.46. The van der Waals surface area contributed by atoms with Crippen LogP contribution in [-0.4, -0.2) is 24.2 Å². The summed E-state index contributed by atoms with van der Waals surface area (Å²) in [6.45, 7) is 5.30. The van der Waals surface area contributed by atoms with Crippen LogP contribution < -0.4 is 20.9 Å². The zero-order chi connectivity index (χ0) is 16.2. The Balaban J connectivity index is 2.08. The Labute approximate surface area is 137 Å². The van der Waals surface area contributed by atoms with Crippen LogP contribution in [0.5, 0.6) is 5.75 Å². The van der Waals surface area contributed by atoms with Gasteiger partial charge in [0.25, 0.3) is 0 Å². The molecule has 1 rings (SSSR count). The fraction of sp³-hybridized carbons (Fsp3) is 0.500. The lowest BCUT2D eigenvalue weighted by Gasteiger charge is -2.11. The van der Waals surface area contributed by atoms with Crippen LogP contribution in [0.2, 0.25) is 0 Å². The molecule has 0 radical (unpaired) electrons. The van der Waals surface area contributed by atoms with Crippen molar-refractivity contribution in [3.05, 3.63) is 29.8 Å². The Morgan fingerprint density at radius 3 is 2.59 bits per heavy atom. The molecule has 6 heteroatoms. The number of unbranched alkanes of at least 4 members (excludes halogenated alkanes) is 2. The number of thiocarbonyl (C=S) groups is 1. The third-order valence-electron chi connectivity index (χ3n) is 3.00. The predicted molar refractivity (Wildman–Crippen MR) is 92.7 cm³/mol. The SMILES string of the molecule is CCCCCNC(=S)NNC(=O)CCOc1ccc(C)cc1. The van der Waals surface area contributed by atoms with Gasteiger partial charge in [-0.3, -0.25) is 15.6 Å². The lowest BCUT2D eigenvalue weighted by molar-refractivity contribution is -0.122. The van der Waals surface area contributed by atoms with Gasteiger partial charge in [0.1, 0.15) is 5.75 Å². The van der Waals surface area contributed by atoms with E-state index in [9.17, 15) is 4.79 Å². The van der Waals surface area contributed by atoms with Gasteiger partial charge >= 0.3 is 0 Å². The van der Waals surface area contributed by atoms with Crippen molar-refractivity contribution < 1.29 is 9.53 Å². The standard InChI is InChI=1S/C16H25N3O2S/c1-3-4-5-11-17-16(22)19-18-15(20)10-12-21-14-8-6-13(2)7-9-14/h6-9H,3-5,10-12H2,1-2H3,(H,18,20)(H2,17,19,22). The Hall–Kier alpha value is -1.82. The first-order valence-corrected chi connectivity index (χ1v) is 8.04. The van der Waals surface area contributed by atoms with Gasteiger partial charge in [0, 0.05) is 6.54 Å². The van der Waals surface area contributed by atoms with Gasteiger partial charge in [-0.15, -0.1) is 0 Å². The molecule has 3 N–H and O–H groups in total. The van der Waals surface area contributed by atoms with E-state index >= 15 is 0 Å². The summed E-state index contributed by atoms with van der Waals surface area (Å²) >= 11 is 5.06. The summed E-state index contributed by atoms with van der Waals surface area (Å²) in [4.78, 5) is 11.6. The second-order valence-electron chi connectivity index (χ2n) is 5.05. The first-order valence-electron chi connectivity index (χ1n) is 7.64. The monoisotopic (exact) mass is 323 g/mol. The molecule has 22 heavy (non-hydrogen) atoms. The molecule has 0 aliphatic rings. The van der Waals surface area contributed by atoms with Crippen molar-refractivity contribution in [2.45, 2.75) is 39.5 Å². The number of hydrazine groups is 1. The lowest BCUT2D eigenvalue weighted by atomic mass is 10.2. The van der Waals surface area contributed by atoms with Crippen LogP contribution in [0.1, 0.15) is 38.2 Å². The Kier molecular flexibility index (Phi) is 8.98. The third kappa shape index (κ3) is 8.46. The summed E-state index contributed by atoms with van der Waals surface area (Å²) in [5.41, 5.74) is 6.40. The van der Waals surface area contributed by atoms with Crippen molar-refractivity contribution in [2.24, 2.45) is 0 Å². The van der Waals surface area contributed by atoms with Crippen LogP contribution in [0.15, 0.2) is 24.3 Å². The smallest absolute Gasteiger partial charge is 0.241 e. The minimum absolute atomic E-state index is 0.162. The molecule has 0 aliphatic heterocycles. The van der Waals surface area contributed by atoms with Crippen molar-refractivity contribution in [1.82, 2.24) is 16.2 Å². The maximum atomic E-state index is 11.6. The lowest BCUT2D eigenvalue weighted by Crippen LogP contribution is -2.47. The highest BCUT2D eigenvalue weighted by Gasteiger charge is 2.02. The molecule has 0 fully saturated rings. The number of ether oxygens (including phenoxy) is 1. The molecular formula is C16H25N3O2S. The van der Waals surface area contributed by atoms with E-state index in [1.807, 2.05) is 31.2 Å². The zero-order valence-electron chi connectivity index (χ0n) is 13.3. The number of rotatable bonds is 8. The average molecular weight is 323 g/mol. The van der Waals surface area contributed by atoms with E-state index in [4.69, 9.17) is 17.0 Å². The number of nitrogens with one attached hydrogen (secondary N) is 3. The maximum Gasteiger partial charge on any atom is 0.241 e. The molecule has 0 bridgehead atoms. The number of benzene rings is 1. The van der Waals surface area contributed by atoms with Gasteiger partial charge in [0.05, 0.1) is 13.0 Å². The van der Waals surface area contributed by atoms with Gasteiger partial charge in [-0.05, 0) is 37.7 Å². The van der Waals surface area contributed by atoms with E-state index in [-0.39, 0.29) is 12.3 Å². The quantitative estimate of drug-likeness (QED) is 0.390. The van der Waals surface area contributed by atoms with Crippen LogP contribution in [-0.2, 0) is 4.79 Å². The fourth-order valence-corrected chi connectivity index (χ4v) is 1.86. The average Bonchev–Trinajstić information content (AvgIpc) is 2.51. The minimum Gasteiger partial charge on any atom is -0.493 e. The van der Waals surface area contributed by atoms with E-state index in [1.54, 1.807) is 0 Å². The second kappa shape index (κ2) is 10.8. The molecule has 0 heterocycles. The van der Waals surface area contributed by atoms with Gasteiger partial charge in [-0.25, -0.2) is 0 Å². The van der Waals surface area contributed by atoms with E-state index in [0.717, 1.165) is 18.7 Å². The van der Waals surface area contributed by atoms with E-state index < -0.39 is 0 Å². The summed E-state index contributed by atoms with van der Waals surface area (Å²) in [6.07, 6.45) is 3.66. The summed E-state index contributed by atoms with van der Waals surface area (Å²) in [5, 5.41) is 3.47. The number of amides is 1. The molecule has 0 saturated heterocycles. The van der Waals surface area contributed by atoms with Gasteiger partial charge in [0.15, 0.2) is 5.11 Å². The highest BCUT2D eigenvalue weighted by atomic mass is 32.1. The Bertz CT molecular complexity index is 463. The number of carbonyl (C=O) groups excluding carboxylic acids is 1. The molecule has 5 nitrogen and oxygen atoms in total. The topological polar surface area (TPSA) is 62.4 Å². The first-order chi connectivity index (χ1) is 10.6. The molecule has 0 spiro atoms. The van der Waals surface area contributed by atoms with E-state index in [2.05, 4.69) is 23.1 Å². The molecule has 0 aromatic heterocycles. The van der Waals surface area contributed by atoms with Gasteiger partial charge in [-0.1, -0.05) is 37.5 Å². The van der Waals surface area contributed by atoms with Crippen molar-refractivity contribution in [3.8, 4) is 5.75 Å². The molecule has 0 aliphatic carbocycles. The molecule has 0 atom stereocenters. The normalized spacial score (nSPS) is 9.91. The van der Waals surface area contributed by atoms with Gasteiger partial charge < -0.3 is 10.1 Å². The first kappa shape index (κ1) is 18.2. The highest BCUT2D eigenvalue weighted by Crippen LogP contribution is 2.11. The Morgan fingerprint density at radius 1 is 1.18 bits per heavy atom. The van der Waals surface area contributed by atoms with Crippen LogP contribution in [0.4, 0.5) is 0 Å². The largest absolute Gasteiger partial charge is 0.493 e. The molecule has 1 amide bonds. The summed E-state index contributed by atoms with van der Waals surface area (Å²) in [6, 6.07) is 7.72. The number of aryl methyl sites for hydroxylation is 1. The molecule has 0 saturated carbocycles. The van der Waals surface area contributed by atoms with Crippen LogP contribution >= 0.6 is 12.2 Å². The summed E-state index contributed by atoms with van der Waals surface area (Å²) < 4.78 is 5.49. The van der Waals surface area contributed by atoms with Crippen molar-refractivity contribution >= 4 is 23.2 Å². The number of hydrogen-bond acceptors (Lipinski definition) is 3. The van der Waals surface area contributed by atoms with E-state index in [1.165, 1.54) is 18.4 Å². The summed E-state index contributed by atoms with van der Waals surface area (Å²) in [7, 11) is 0. The highest BCUT2D eigenvalue weighted by molar-refractivity contribution is 7.80.